The number of phenols is 2. The van der Waals surface area contributed by atoms with E-state index in [0.29, 0.717) is 24.4 Å². The van der Waals surface area contributed by atoms with E-state index in [9.17, 15) is 15.0 Å². The SMILES string of the molecule is CC(C)CCNC(=O)CC(C)c1ccc(O)cc1O. The molecule has 0 bridgehead atoms. The second-order valence-electron chi connectivity index (χ2n) is 5.38. The molecule has 1 rings (SSSR count). The molecular weight excluding hydrogens is 242 g/mol. The molecule has 1 atom stereocenters. The van der Waals surface area contributed by atoms with Gasteiger partial charge in [-0.1, -0.05) is 26.8 Å². The lowest BCUT2D eigenvalue weighted by molar-refractivity contribution is -0.121. The molecule has 19 heavy (non-hydrogen) atoms. The fourth-order valence-corrected chi connectivity index (χ4v) is 1.91. The number of carbonyl (C=O) groups excluding carboxylic acids is 1. The third-order valence-electron chi connectivity index (χ3n) is 3.08. The average molecular weight is 265 g/mol. The van der Waals surface area contributed by atoms with Gasteiger partial charge in [0.15, 0.2) is 0 Å². The van der Waals surface area contributed by atoms with Crippen LogP contribution < -0.4 is 5.32 Å². The summed E-state index contributed by atoms with van der Waals surface area (Å²) in [5, 5.41) is 21.8. The highest BCUT2D eigenvalue weighted by molar-refractivity contribution is 5.76. The number of amides is 1. The fraction of sp³-hybridized carbons (Fsp3) is 0.533. The zero-order chi connectivity index (χ0) is 14.4. The highest BCUT2D eigenvalue weighted by Crippen LogP contribution is 2.30. The maximum Gasteiger partial charge on any atom is 0.220 e. The fourth-order valence-electron chi connectivity index (χ4n) is 1.91. The Balaban J connectivity index is 2.49. The molecule has 0 aromatic heterocycles. The first-order chi connectivity index (χ1) is 8.90. The molecule has 0 aliphatic carbocycles. The Morgan fingerprint density at radius 2 is 1.95 bits per heavy atom. The van der Waals surface area contributed by atoms with Crippen LogP contribution in [0.3, 0.4) is 0 Å². The Labute approximate surface area is 114 Å². The molecule has 0 spiro atoms. The minimum atomic E-state index is -0.0837. The maximum atomic E-state index is 11.7. The Hall–Kier alpha value is -1.71. The third-order valence-corrected chi connectivity index (χ3v) is 3.08. The first kappa shape index (κ1) is 15.3. The van der Waals surface area contributed by atoms with Gasteiger partial charge in [-0.15, -0.1) is 0 Å². The third kappa shape index (κ3) is 5.20. The molecule has 0 aliphatic heterocycles. The minimum absolute atomic E-state index is 0.0133. The smallest absolute Gasteiger partial charge is 0.220 e. The van der Waals surface area contributed by atoms with Crippen LogP contribution in [0.2, 0.25) is 0 Å². The summed E-state index contributed by atoms with van der Waals surface area (Å²) in [5.74, 6) is 0.524. The van der Waals surface area contributed by atoms with Gasteiger partial charge >= 0.3 is 0 Å². The highest BCUT2D eigenvalue weighted by Gasteiger charge is 2.14. The van der Waals surface area contributed by atoms with Gasteiger partial charge in [-0.3, -0.25) is 4.79 Å². The van der Waals surface area contributed by atoms with Crippen molar-refractivity contribution in [1.29, 1.82) is 0 Å². The van der Waals surface area contributed by atoms with Crippen molar-refractivity contribution in [1.82, 2.24) is 5.32 Å². The molecule has 1 unspecified atom stereocenters. The summed E-state index contributed by atoms with van der Waals surface area (Å²) in [4.78, 5) is 11.7. The molecule has 1 aromatic carbocycles. The number of hydrogen-bond acceptors (Lipinski definition) is 3. The van der Waals surface area contributed by atoms with E-state index in [-0.39, 0.29) is 23.3 Å². The van der Waals surface area contributed by atoms with Gasteiger partial charge in [0.2, 0.25) is 5.91 Å². The van der Waals surface area contributed by atoms with Crippen LogP contribution in [-0.2, 0) is 4.79 Å². The van der Waals surface area contributed by atoms with E-state index in [1.165, 1.54) is 12.1 Å². The Morgan fingerprint density at radius 3 is 2.53 bits per heavy atom. The van der Waals surface area contributed by atoms with Crippen molar-refractivity contribution in [2.24, 2.45) is 5.92 Å². The molecule has 4 heteroatoms. The van der Waals surface area contributed by atoms with Crippen LogP contribution in [-0.4, -0.2) is 22.7 Å². The Morgan fingerprint density at radius 1 is 1.26 bits per heavy atom. The second kappa shape index (κ2) is 7.02. The van der Waals surface area contributed by atoms with Crippen molar-refractivity contribution in [2.45, 2.75) is 39.5 Å². The summed E-state index contributed by atoms with van der Waals surface area (Å²) in [7, 11) is 0. The number of benzene rings is 1. The molecule has 4 nitrogen and oxygen atoms in total. The van der Waals surface area contributed by atoms with Crippen molar-refractivity contribution in [3.63, 3.8) is 0 Å². The van der Waals surface area contributed by atoms with Crippen LogP contribution in [0.5, 0.6) is 11.5 Å². The molecule has 1 aromatic rings. The van der Waals surface area contributed by atoms with Crippen LogP contribution in [0.4, 0.5) is 0 Å². The van der Waals surface area contributed by atoms with E-state index in [1.54, 1.807) is 6.07 Å². The molecule has 0 saturated carbocycles. The highest BCUT2D eigenvalue weighted by atomic mass is 16.3. The van der Waals surface area contributed by atoms with Gasteiger partial charge in [0.25, 0.3) is 0 Å². The largest absolute Gasteiger partial charge is 0.508 e. The summed E-state index contributed by atoms with van der Waals surface area (Å²) < 4.78 is 0. The van der Waals surface area contributed by atoms with Crippen molar-refractivity contribution in [2.75, 3.05) is 6.54 Å². The predicted molar refractivity (Wildman–Crippen MR) is 75.3 cm³/mol. The lowest BCUT2D eigenvalue weighted by Gasteiger charge is -2.14. The summed E-state index contributed by atoms with van der Waals surface area (Å²) in [5.41, 5.74) is 0.678. The lowest BCUT2D eigenvalue weighted by atomic mass is 9.96. The molecule has 0 saturated heterocycles. The van der Waals surface area contributed by atoms with Gasteiger partial charge in [0, 0.05) is 19.0 Å². The molecular formula is C15H23NO3. The number of rotatable bonds is 6. The van der Waals surface area contributed by atoms with Crippen LogP contribution in [0.15, 0.2) is 18.2 Å². The average Bonchev–Trinajstić information content (AvgIpc) is 2.27. The molecule has 0 radical (unpaired) electrons. The van der Waals surface area contributed by atoms with Crippen molar-refractivity contribution in [3.05, 3.63) is 23.8 Å². The number of phenolic OH excluding ortho intramolecular Hbond substituents is 2. The Kier molecular flexibility index (Phi) is 5.67. The molecule has 0 aliphatic rings. The maximum absolute atomic E-state index is 11.7. The Bertz CT molecular complexity index is 429. The zero-order valence-corrected chi connectivity index (χ0v) is 11.8. The molecule has 0 fully saturated rings. The van der Waals surface area contributed by atoms with Gasteiger partial charge in [0.1, 0.15) is 11.5 Å². The van der Waals surface area contributed by atoms with E-state index in [4.69, 9.17) is 0 Å². The van der Waals surface area contributed by atoms with Crippen molar-refractivity contribution < 1.29 is 15.0 Å². The van der Waals surface area contributed by atoms with Crippen LogP contribution in [0, 0.1) is 5.92 Å². The van der Waals surface area contributed by atoms with E-state index in [0.717, 1.165) is 6.42 Å². The topological polar surface area (TPSA) is 69.6 Å². The van der Waals surface area contributed by atoms with Crippen molar-refractivity contribution >= 4 is 5.91 Å². The predicted octanol–water partition coefficient (Wildman–Crippen LogP) is 2.75. The van der Waals surface area contributed by atoms with Gasteiger partial charge in [-0.05, 0) is 29.9 Å². The molecule has 0 heterocycles. The normalized spacial score (nSPS) is 12.4. The summed E-state index contributed by atoms with van der Waals surface area (Å²) in [6.45, 7) is 6.80. The number of hydrogen-bond donors (Lipinski definition) is 3. The van der Waals surface area contributed by atoms with Gasteiger partial charge in [-0.25, -0.2) is 0 Å². The molecule has 3 N–H and O–H groups in total. The quantitative estimate of drug-likeness (QED) is 0.740. The van der Waals surface area contributed by atoms with E-state index < -0.39 is 0 Å². The standard InChI is InChI=1S/C15H23NO3/c1-10(2)6-7-16-15(19)8-11(3)13-5-4-12(17)9-14(13)18/h4-5,9-11,17-18H,6-8H2,1-3H3,(H,16,19). The van der Waals surface area contributed by atoms with Gasteiger partial charge in [-0.2, -0.15) is 0 Å². The number of aromatic hydroxyl groups is 2. The van der Waals surface area contributed by atoms with E-state index in [1.807, 2.05) is 6.92 Å². The van der Waals surface area contributed by atoms with Crippen LogP contribution >= 0.6 is 0 Å². The van der Waals surface area contributed by atoms with Crippen LogP contribution in [0.1, 0.15) is 45.1 Å². The van der Waals surface area contributed by atoms with E-state index >= 15 is 0 Å². The van der Waals surface area contributed by atoms with Crippen molar-refractivity contribution in [3.8, 4) is 11.5 Å². The monoisotopic (exact) mass is 265 g/mol. The van der Waals surface area contributed by atoms with Gasteiger partial charge in [0.05, 0.1) is 0 Å². The van der Waals surface area contributed by atoms with Crippen LogP contribution in [0.25, 0.3) is 0 Å². The molecule has 106 valence electrons. The number of carbonyl (C=O) groups is 1. The minimum Gasteiger partial charge on any atom is -0.508 e. The summed E-state index contributed by atoms with van der Waals surface area (Å²) in [6.07, 6.45) is 1.29. The van der Waals surface area contributed by atoms with Gasteiger partial charge < -0.3 is 15.5 Å². The van der Waals surface area contributed by atoms with E-state index in [2.05, 4.69) is 19.2 Å². The molecule has 1 amide bonds. The zero-order valence-electron chi connectivity index (χ0n) is 11.8. The lowest BCUT2D eigenvalue weighted by Crippen LogP contribution is -2.26. The summed E-state index contributed by atoms with van der Waals surface area (Å²) in [6, 6.07) is 4.46. The first-order valence-corrected chi connectivity index (χ1v) is 6.68. The summed E-state index contributed by atoms with van der Waals surface area (Å²) >= 11 is 0. The first-order valence-electron chi connectivity index (χ1n) is 6.68. The number of nitrogens with one attached hydrogen (secondary N) is 1. The second-order valence-corrected chi connectivity index (χ2v) is 5.38.